The zero-order valence-corrected chi connectivity index (χ0v) is 19.0. The van der Waals surface area contributed by atoms with Crippen LogP contribution in [-0.2, 0) is 16.1 Å². The molecule has 2 amide bonds. The minimum atomic E-state index is -0.314. The zero-order valence-electron chi connectivity index (χ0n) is 19.0. The largest absolute Gasteiger partial charge is 0.337 e. The number of anilines is 1. The molecule has 1 heterocycles. The number of nitrogens with zero attached hydrogens (tertiary/aromatic N) is 2. The van der Waals surface area contributed by atoms with Crippen LogP contribution < -0.4 is 5.32 Å². The molecule has 1 aliphatic heterocycles. The Labute approximate surface area is 185 Å². The van der Waals surface area contributed by atoms with Gasteiger partial charge in [0.25, 0.3) is 0 Å². The smallest absolute Gasteiger partial charge is 0.227 e. The molecule has 2 aliphatic carbocycles. The molecule has 1 saturated heterocycles. The van der Waals surface area contributed by atoms with Crippen molar-refractivity contribution >= 4 is 17.5 Å². The number of carbonyl (C=O) groups excluding carboxylic acids is 2. The van der Waals surface area contributed by atoms with Crippen LogP contribution in [0.25, 0.3) is 0 Å². The van der Waals surface area contributed by atoms with Crippen molar-refractivity contribution in [1.82, 2.24) is 9.80 Å². The fourth-order valence-electron chi connectivity index (χ4n) is 5.60. The predicted molar refractivity (Wildman–Crippen MR) is 120 cm³/mol. The predicted octanol–water partition coefficient (Wildman–Crippen LogP) is 4.49. The number of hydrogen-bond donors (Lipinski definition) is 1. The first-order valence-corrected chi connectivity index (χ1v) is 12.0. The third kappa shape index (κ3) is 5.11. The van der Waals surface area contributed by atoms with E-state index in [0.717, 1.165) is 69.3 Å². The maximum Gasteiger partial charge on any atom is 0.227 e. The van der Waals surface area contributed by atoms with Gasteiger partial charge < -0.3 is 10.2 Å². The van der Waals surface area contributed by atoms with Gasteiger partial charge in [0.2, 0.25) is 11.8 Å². The Morgan fingerprint density at radius 2 is 1.68 bits per heavy atom. The van der Waals surface area contributed by atoms with Crippen molar-refractivity contribution in [2.45, 2.75) is 77.8 Å². The lowest BCUT2D eigenvalue weighted by molar-refractivity contribution is -0.140. The standard InChI is InChI=1S/C25H36FN3O2/c1-17-15-28(11-12-29(17)25(31)20-9-5-6-10-20)16-21-13-22(26)14-23(18(21)2)27-24(30)19-7-3-4-8-19/h13-14,17,19-20H,3-12,15-16H2,1-2H3,(H,27,30)/t17-/m0/s1. The third-order valence-corrected chi connectivity index (χ3v) is 7.56. The molecule has 1 N–H and O–H groups in total. The van der Waals surface area contributed by atoms with Gasteiger partial charge in [0.15, 0.2) is 0 Å². The number of amides is 2. The fourth-order valence-corrected chi connectivity index (χ4v) is 5.60. The molecule has 170 valence electrons. The molecule has 4 rings (SSSR count). The summed E-state index contributed by atoms with van der Waals surface area (Å²) in [5.74, 6) is 0.293. The zero-order chi connectivity index (χ0) is 22.0. The van der Waals surface area contributed by atoms with Gasteiger partial charge in [0, 0.05) is 49.7 Å². The number of halogens is 1. The lowest BCUT2D eigenvalue weighted by atomic mass is 10.0. The van der Waals surface area contributed by atoms with Crippen molar-refractivity contribution in [3.63, 3.8) is 0 Å². The second-order valence-electron chi connectivity index (χ2n) is 9.81. The van der Waals surface area contributed by atoms with Gasteiger partial charge in [-0.15, -0.1) is 0 Å². The van der Waals surface area contributed by atoms with Crippen molar-refractivity contribution < 1.29 is 14.0 Å². The normalized spacial score (nSPS) is 23.5. The summed E-state index contributed by atoms with van der Waals surface area (Å²) in [7, 11) is 0. The minimum absolute atomic E-state index is 0.0183. The molecule has 0 unspecified atom stereocenters. The molecule has 5 nitrogen and oxygen atoms in total. The van der Waals surface area contributed by atoms with Crippen LogP contribution in [0.5, 0.6) is 0 Å². The molecule has 0 radical (unpaired) electrons. The molecule has 1 atom stereocenters. The maximum absolute atomic E-state index is 14.4. The summed E-state index contributed by atoms with van der Waals surface area (Å²) in [5.41, 5.74) is 2.43. The molecule has 1 aromatic rings. The Morgan fingerprint density at radius 3 is 2.32 bits per heavy atom. The first-order valence-electron chi connectivity index (χ1n) is 12.0. The summed E-state index contributed by atoms with van der Waals surface area (Å²) in [6, 6.07) is 3.19. The van der Waals surface area contributed by atoms with Crippen LogP contribution in [-0.4, -0.2) is 47.3 Å². The molecule has 1 aromatic carbocycles. The van der Waals surface area contributed by atoms with Crippen LogP contribution in [0.3, 0.4) is 0 Å². The van der Waals surface area contributed by atoms with Crippen LogP contribution in [0.1, 0.15) is 69.4 Å². The number of rotatable bonds is 5. The van der Waals surface area contributed by atoms with Crippen LogP contribution in [0.4, 0.5) is 10.1 Å². The van der Waals surface area contributed by atoms with E-state index in [4.69, 9.17) is 0 Å². The van der Waals surface area contributed by atoms with E-state index in [0.29, 0.717) is 18.1 Å². The summed E-state index contributed by atoms with van der Waals surface area (Å²) in [6.45, 7) is 7.02. The van der Waals surface area contributed by atoms with Crippen molar-refractivity contribution in [2.24, 2.45) is 11.8 Å². The monoisotopic (exact) mass is 429 g/mol. The van der Waals surface area contributed by atoms with Gasteiger partial charge in [-0.1, -0.05) is 25.7 Å². The van der Waals surface area contributed by atoms with E-state index in [1.54, 1.807) is 6.07 Å². The van der Waals surface area contributed by atoms with Gasteiger partial charge in [0.05, 0.1) is 0 Å². The van der Waals surface area contributed by atoms with E-state index in [1.165, 1.54) is 18.9 Å². The number of hydrogen-bond acceptors (Lipinski definition) is 3. The molecule has 0 spiro atoms. The van der Waals surface area contributed by atoms with E-state index >= 15 is 0 Å². The fraction of sp³-hybridized carbons (Fsp3) is 0.680. The Balaban J connectivity index is 1.39. The maximum atomic E-state index is 14.4. The molecule has 2 saturated carbocycles. The minimum Gasteiger partial charge on any atom is -0.337 e. The van der Waals surface area contributed by atoms with E-state index in [1.807, 2.05) is 6.92 Å². The van der Waals surface area contributed by atoms with Gasteiger partial charge in [-0.3, -0.25) is 14.5 Å². The molecular weight excluding hydrogens is 393 g/mol. The second kappa shape index (κ2) is 9.68. The SMILES string of the molecule is Cc1c(CN2CCN(C(=O)C3CCCC3)[C@@H](C)C2)cc(F)cc1NC(=O)C1CCCC1. The Morgan fingerprint density at radius 1 is 1.03 bits per heavy atom. The molecule has 3 aliphatic rings. The molecule has 31 heavy (non-hydrogen) atoms. The van der Waals surface area contributed by atoms with Crippen LogP contribution in [0, 0.1) is 24.6 Å². The number of carbonyl (C=O) groups is 2. The summed E-state index contributed by atoms with van der Waals surface area (Å²) < 4.78 is 14.4. The molecule has 6 heteroatoms. The highest BCUT2D eigenvalue weighted by Crippen LogP contribution is 2.30. The highest BCUT2D eigenvalue weighted by molar-refractivity contribution is 5.93. The molecule has 0 bridgehead atoms. The van der Waals surface area contributed by atoms with Crippen molar-refractivity contribution in [3.8, 4) is 0 Å². The van der Waals surface area contributed by atoms with Gasteiger partial charge in [0.1, 0.15) is 5.82 Å². The van der Waals surface area contributed by atoms with Crippen LogP contribution >= 0.6 is 0 Å². The van der Waals surface area contributed by atoms with Crippen LogP contribution in [0.2, 0.25) is 0 Å². The van der Waals surface area contributed by atoms with Crippen LogP contribution in [0.15, 0.2) is 12.1 Å². The van der Waals surface area contributed by atoms with Gasteiger partial charge in [-0.25, -0.2) is 4.39 Å². The number of benzene rings is 1. The van der Waals surface area contributed by atoms with E-state index in [2.05, 4.69) is 22.0 Å². The van der Waals surface area contributed by atoms with Crippen molar-refractivity contribution in [2.75, 3.05) is 25.0 Å². The Bertz CT molecular complexity index is 815. The first kappa shape index (κ1) is 22.3. The second-order valence-corrected chi connectivity index (χ2v) is 9.81. The lowest BCUT2D eigenvalue weighted by Gasteiger charge is -2.41. The Hall–Kier alpha value is -1.95. The summed E-state index contributed by atoms with van der Waals surface area (Å²) in [5, 5.41) is 2.98. The number of piperazine rings is 1. The lowest BCUT2D eigenvalue weighted by Crippen LogP contribution is -2.54. The summed E-state index contributed by atoms with van der Waals surface area (Å²) in [4.78, 5) is 29.8. The molecular formula is C25H36FN3O2. The first-order chi connectivity index (χ1) is 14.9. The van der Waals surface area contributed by atoms with Gasteiger partial charge >= 0.3 is 0 Å². The Kier molecular flexibility index (Phi) is 6.95. The third-order valence-electron chi connectivity index (χ3n) is 7.56. The van der Waals surface area contributed by atoms with E-state index in [9.17, 15) is 14.0 Å². The van der Waals surface area contributed by atoms with Crippen molar-refractivity contribution in [3.05, 3.63) is 29.1 Å². The topological polar surface area (TPSA) is 52.6 Å². The summed E-state index contributed by atoms with van der Waals surface area (Å²) >= 11 is 0. The number of nitrogens with one attached hydrogen (secondary N) is 1. The molecule has 3 fully saturated rings. The van der Waals surface area contributed by atoms with E-state index < -0.39 is 0 Å². The highest BCUT2D eigenvalue weighted by Gasteiger charge is 2.33. The quantitative estimate of drug-likeness (QED) is 0.751. The molecule has 0 aromatic heterocycles. The van der Waals surface area contributed by atoms with E-state index in [-0.39, 0.29) is 29.6 Å². The van der Waals surface area contributed by atoms with Crippen molar-refractivity contribution in [1.29, 1.82) is 0 Å². The van der Waals surface area contributed by atoms with Gasteiger partial charge in [-0.2, -0.15) is 0 Å². The average molecular weight is 430 g/mol. The summed E-state index contributed by atoms with van der Waals surface area (Å²) in [6.07, 6.45) is 8.45. The van der Waals surface area contributed by atoms with Gasteiger partial charge in [-0.05, 0) is 62.8 Å². The average Bonchev–Trinajstić information content (AvgIpc) is 3.45. The highest BCUT2D eigenvalue weighted by atomic mass is 19.1.